The standard InChI is InChI=1S/C54H83NO19/c1-8-29(2)23-33(6)31(4)18-12-10-9-11-17-30(3)24-38-43(63)47(67)50(70)52(73-38)49(69)45(65)42(62)32(5)19-15-16-22-55-41(61)21-14-13-20-34(57)25-35(58)36(59)26-39-44(64)46(66)48(68)51(72-39)40-27-37(60)53(71)54(7,28-56)74-40/h8-9,11,13-21,34-40,42-53,56-60,62-71H,1-2,6,10,12,22-28H2,3-5,7H3,(H,55,61)/b11-9+,16-15+,20-13+,21-14+,30-17+,31-18+,32-19+/t34?,35?,36?,37-,38-,39+,40+,42?,43-,44+,45?,46-,47+,48+,49?,50-,51-,52-,53-,54+/m0/s1. The normalized spacial score (nSPS) is 34.2. The molecule has 0 aliphatic carbocycles. The predicted octanol–water partition coefficient (Wildman–Crippen LogP) is -1.07. The molecule has 20 nitrogen and oxygen atoms in total. The average Bonchev–Trinajstić information content (AvgIpc) is 3.36. The molecule has 0 aromatic carbocycles. The molecule has 3 fully saturated rings. The van der Waals surface area contributed by atoms with Gasteiger partial charge in [-0.15, -0.1) is 0 Å². The number of unbranched alkanes of at least 4 members (excludes halogenated alkanes) is 1. The van der Waals surface area contributed by atoms with Crippen LogP contribution in [0.25, 0.3) is 0 Å². The molecule has 0 bridgehead atoms. The summed E-state index contributed by atoms with van der Waals surface area (Å²) >= 11 is 0. The molecular weight excluding hydrogens is 967 g/mol. The van der Waals surface area contributed by atoms with Crippen molar-refractivity contribution in [1.82, 2.24) is 5.32 Å². The van der Waals surface area contributed by atoms with Crippen molar-refractivity contribution in [2.75, 3.05) is 13.2 Å². The lowest BCUT2D eigenvalue weighted by Crippen LogP contribution is -2.66. The summed E-state index contributed by atoms with van der Waals surface area (Å²) < 4.78 is 17.4. The number of nitrogens with one attached hydrogen (secondary N) is 1. The summed E-state index contributed by atoms with van der Waals surface area (Å²) in [7, 11) is 0. The smallest absolute Gasteiger partial charge is 0.244 e. The van der Waals surface area contributed by atoms with Crippen molar-refractivity contribution in [3.8, 4) is 0 Å². The highest BCUT2D eigenvalue weighted by molar-refractivity contribution is 5.87. The third kappa shape index (κ3) is 18.7. The van der Waals surface area contributed by atoms with Crippen molar-refractivity contribution in [3.05, 3.63) is 121 Å². The van der Waals surface area contributed by atoms with E-state index in [0.29, 0.717) is 6.42 Å². The first kappa shape index (κ1) is 64.4. The van der Waals surface area contributed by atoms with Crippen LogP contribution in [0.2, 0.25) is 0 Å². The molecule has 74 heavy (non-hydrogen) atoms. The molecular formula is C54H83NO19. The molecule has 3 saturated heterocycles. The second kappa shape index (κ2) is 30.8. The third-order valence-corrected chi connectivity index (χ3v) is 13.6. The topological polar surface area (TPSA) is 360 Å². The van der Waals surface area contributed by atoms with Crippen molar-refractivity contribution >= 4 is 5.91 Å². The van der Waals surface area contributed by atoms with Crippen molar-refractivity contribution in [2.24, 2.45) is 0 Å². The van der Waals surface area contributed by atoms with Crippen LogP contribution < -0.4 is 5.32 Å². The minimum Gasteiger partial charge on any atom is -0.393 e. The lowest BCUT2D eigenvalue weighted by atomic mass is 9.83. The molecule has 0 saturated carbocycles. The lowest BCUT2D eigenvalue weighted by molar-refractivity contribution is -0.299. The van der Waals surface area contributed by atoms with Crippen molar-refractivity contribution in [1.29, 1.82) is 0 Å². The van der Waals surface area contributed by atoms with E-state index in [1.807, 2.05) is 25.2 Å². The molecule has 6 unspecified atom stereocenters. The Balaban J connectivity index is 1.44. The molecule has 0 aromatic heterocycles. The summed E-state index contributed by atoms with van der Waals surface area (Å²) in [5.41, 5.74) is 2.28. The molecule has 0 aromatic rings. The zero-order valence-electron chi connectivity index (χ0n) is 42.7. The molecule has 3 aliphatic rings. The molecule has 3 aliphatic heterocycles. The molecule has 0 spiro atoms. The molecule has 3 heterocycles. The zero-order chi connectivity index (χ0) is 55.6. The van der Waals surface area contributed by atoms with Gasteiger partial charge in [0.05, 0.1) is 49.3 Å². The largest absolute Gasteiger partial charge is 0.393 e. The van der Waals surface area contributed by atoms with E-state index in [-0.39, 0.29) is 25.0 Å². The number of allylic oxidation sites excluding steroid dienone is 12. The second-order valence-corrected chi connectivity index (χ2v) is 19.8. The average molecular weight is 1050 g/mol. The van der Waals surface area contributed by atoms with Gasteiger partial charge < -0.3 is 96.1 Å². The molecule has 418 valence electrons. The lowest BCUT2D eigenvalue weighted by Gasteiger charge is -2.50. The van der Waals surface area contributed by atoms with E-state index < -0.39 is 147 Å². The summed E-state index contributed by atoms with van der Waals surface area (Å²) in [6.45, 7) is 17.7. The van der Waals surface area contributed by atoms with E-state index in [0.717, 1.165) is 41.2 Å². The maximum atomic E-state index is 12.3. The van der Waals surface area contributed by atoms with Crippen LogP contribution in [0.1, 0.15) is 72.6 Å². The van der Waals surface area contributed by atoms with Crippen molar-refractivity contribution in [3.63, 3.8) is 0 Å². The fourth-order valence-electron chi connectivity index (χ4n) is 8.69. The Morgan fingerprint density at radius 3 is 2.09 bits per heavy atom. The number of aliphatic hydroxyl groups is 15. The molecule has 3 rings (SSSR count). The fraction of sp³-hybridized carbons (Fsp3) is 0.611. The van der Waals surface area contributed by atoms with Crippen LogP contribution in [0.5, 0.6) is 0 Å². The minimum absolute atomic E-state index is 0.0241. The quantitative estimate of drug-likeness (QED) is 0.0265. The summed E-state index contributed by atoms with van der Waals surface area (Å²) in [5, 5.41) is 161. The molecule has 16 N–H and O–H groups in total. The van der Waals surface area contributed by atoms with Gasteiger partial charge in [-0.1, -0.05) is 103 Å². The summed E-state index contributed by atoms with van der Waals surface area (Å²) in [5.74, 6) is -0.534. The zero-order valence-corrected chi connectivity index (χ0v) is 42.7. The highest BCUT2D eigenvalue weighted by atomic mass is 16.6. The Hall–Kier alpha value is -3.85. The van der Waals surface area contributed by atoms with Crippen molar-refractivity contribution < 1.29 is 95.6 Å². The summed E-state index contributed by atoms with van der Waals surface area (Å²) in [6.07, 6.45) is -9.40. The Labute approximate surface area is 433 Å². The second-order valence-electron chi connectivity index (χ2n) is 19.8. The van der Waals surface area contributed by atoms with Gasteiger partial charge in [0.2, 0.25) is 5.91 Å². The first-order valence-corrected chi connectivity index (χ1v) is 24.8. The Morgan fingerprint density at radius 1 is 0.784 bits per heavy atom. The Bertz CT molecular complexity index is 2030. The van der Waals surface area contributed by atoms with Gasteiger partial charge in [-0.3, -0.25) is 4.79 Å². The number of rotatable bonds is 27. The number of hydrogen-bond acceptors (Lipinski definition) is 19. The van der Waals surface area contributed by atoms with Gasteiger partial charge in [0.25, 0.3) is 0 Å². The summed E-state index contributed by atoms with van der Waals surface area (Å²) in [6, 6.07) is 0. The fourth-order valence-corrected chi connectivity index (χ4v) is 8.69. The van der Waals surface area contributed by atoms with E-state index in [1.54, 1.807) is 13.0 Å². The molecule has 20 atom stereocenters. The highest BCUT2D eigenvalue weighted by Crippen LogP contribution is 2.36. The number of aliphatic hydroxyl groups excluding tert-OH is 15. The van der Waals surface area contributed by atoms with Crippen LogP contribution in [-0.2, 0) is 19.0 Å². The van der Waals surface area contributed by atoms with Crippen molar-refractivity contribution in [2.45, 2.75) is 194 Å². The van der Waals surface area contributed by atoms with Gasteiger partial charge in [-0.2, -0.15) is 0 Å². The Kier molecular flexibility index (Phi) is 26.8. The van der Waals surface area contributed by atoms with Gasteiger partial charge in [0.1, 0.15) is 78.8 Å². The first-order valence-electron chi connectivity index (χ1n) is 24.8. The molecule has 0 radical (unpaired) electrons. The van der Waals surface area contributed by atoms with Gasteiger partial charge in [-0.25, -0.2) is 0 Å². The van der Waals surface area contributed by atoms with E-state index in [2.05, 4.69) is 31.1 Å². The third-order valence-electron chi connectivity index (χ3n) is 13.6. The van der Waals surface area contributed by atoms with Gasteiger partial charge in [0, 0.05) is 31.9 Å². The predicted molar refractivity (Wildman–Crippen MR) is 273 cm³/mol. The van der Waals surface area contributed by atoms with Crippen LogP contribution in [0.15, 0.2) is 121 Å². The van der Waals surface area contributed by atoms with Gasteiger partial charge in [0.15, 0.2) is 0 Å². The molecule has 20 heteroatoms. The van der Waals surface area contributed by atoms with Crippen LogP contribution in [0, 0.1) is 0 Å². The van der Waals surface area contributed by atoms with Gasteiger partial charge in [-0.05, 0) is 64.5 Å². The maximum Gasteiger partial charge on any atom is 0.244 e. The number of carbonyl (C=O) groups excluding carboxylic acids is 1. The monoisotopic (exact) mass is 1050 g/mol. The summed E-state index contributed by atoms with van der Waals surface area (Å²) in [4.78, 5) is 12.3. The molecule has 1 amide bonds. The highest BCUT2D eigenvalue weighted by Gasteiger charge is 2.54. The van der Waals surface area contributed by atoms with Gasteiger partial charge >= 0.3 is 0 Å². The first-order chi connectivity index (χ1) is 34.8. The number of ether oxygens (including phenoxy) is 3. The number of amides is 1. The van der Waals surface area contributed by atoms with Crippen LogP contribution in [0.4, 0.5) is 0 Å². The van der Waals surface area contributed by atoms with Crippen LogP contribution in [0.3, 0.4) is 0 Å². The maximum absolute atomic E-state index is 12.3. The van der Waals surface area contributed by atoms with E-state index in [4.69, 9.17) is 14.2 Å². The van der Waals surface area contributed by atoms with Crippen LogP contribution in [-0.4, -0.2) is 217 Å². The number of carbonyl (C=O) groups is 1. The number of hydrogen-bond donors (Lipinski definition) is 16. The van der Waals surface area contributed by atoms with E-state index >= 15 is 0 Å². The van der Waals surface area contributed by atoms with E-state index in [1.165, 1.54) is 50.3 Å². The minimum atomic E-state index is -1.89. The van der Waals surface area contributed by atoms with E-state index in [9.17, 15) is 81.4 Å². The SMILES string of the molecule is C=CC(=C)CC(=C)/C(C)=C/CC/C=C/C=C(\C)C[C@@H]1O[C@@H](C(O)C(O)C(O)/C(C)=C/C=C/CNC(=O)/C=C/C=C/C(O)CC(O)C(O)C[C@H]2O[C@@H]([C@H]3C[C@H](O)[C@H](O)[C@@](C)(CO)O3)[C@H](O)[C@@H](O)[C@@H]2O)[C@@H](O)[C@H](O)[C@H]1O. The Morgan fingerprint density at radius 2 is 1.43 bits per heavy atom. The van der Waals surface area contributed by atoms with Crippen LogP contribution >= 0.6 is 0 Å².